The van der Waals surface area contributed by atoms with E-state index in [4.69, 9.17) is 5.73 Å². The molecule has 1 amide bonds. The summed E-state index contributed by atoms with van der Waals surface area (Å²) in [5.41, 5.74) is 6.04. The first-order valence-corrected chi connectivity index (χ1v) is 6.94. The molecule has 3 unspecified atom stereocenters. The van der Waals surface area contributed by atoms with E-state index < -0.39 is 0 Å². The molecule has 106 valence electrons. The van der Waals surface area contributed by atoms with Gasteiger partial charge in [0.2, 0.25) is 5.91 Å². The zero-order valence-corrected chi connectivity index (χ0v) is 12.5. The predicted octanol–water partition coefficient (Wildman–Crippen LogP) is 1.21. The van der Waals surface area contributed by atoms with Crippen LogP contribution in [0.2, 0.25) is 0 Å². The number of amides is 1. The molecule has 0 spiro atoms. The molecular weight excluding hydrogens is 226 g/mol. The average molecular weight is 255 g/mol. The number of carbonyl (C=O) groups excluding carboxylic acids is 1. The summed E-state index contributed by atoms with van der Waals surface area (Å²) in [6, 6.07) is 0.0312. The summed E-state index contributed by atoms with van der Waals surface area (Å²) in [6.07, 6.45) is 3.04. The Hall–Kier alpha value is -0.610. The van der Waals surface area contributed by atoms with Crippen LogP contribution in [-0.4, -0.2) is 43.0 Å². The molecule has 1 aliphatic rings. The molecule has 1 fully saturated rings. The van der Waals surface area contributed by atoms with E-state index in [0.29, 0.717) is 12.5 Å². The van der Waals surface area contributed by atoms with Crippen molar-refractivity contribution in [1.82, 2.24) is 10.2 Å². The average Bonchev–Trinajstić information content (AvgIpc) is 2.29. The summed E-state index contributed by atoms with van der Waals surface area (Å²) < 4.78 is 0. The van der Waals surface area contributed by atoms with Crippen molar-refractivity contribution in [3.8, 4) is 0 Å². The van der Waals surface area contributed by atoms with Crippen LogP contribution in [0.1, 0.15) is 40.0 Å². The largest absolute Gasteiger partial charge is 0.354 e. The minimum absolute atomic E-state index is 0.00767. The Kier molecular flexibility index (Phi) is 5.17. The van der Waals surface area contributed by atoms with E-state index in [1.165, 1.54) is 0 Å². The van der Waals surface area contributed by atoms with Crippen LogP contribution >= 0.6 is 0 Å². The van der Waals surface area contributed by atoms with Gasteiger partial charge in [0.05, 0.1) is 5.92 Å². The van der Waals surface area contributed by atoms with E-state index in [1.807, 2.05) is 14.1 Å². The van der Waals surface area contributed by atoms with Gasteiger partial charge in [-0.05, 0) is 53.1 Å². The molecule has 0 heterocycles. The quantitative estimate of drug-likeness (QED) is 0.794. The van der Waals surface area contributed by atoms with Crippen molar-refractivity contribution < 1.29 is 4.79 Å². The molecule has 0 aromatic rings. The Bertz CT molecular complexity index is 289. The molecule has 18 heavy (non-hydrogen) atoms. The Labute approximate surface area is 111 Å². The third kappa shape index (κ3) is 3.95. The van der Waals surface area contributed by atoms with Gasteiger partial charge in [-0.3, -0.25) is 4.79 Å². The van der Waals surface area contributed by atoms with Crippen LogP contribution in [0.25, 0.3) is 0 Å². The third-order valence-corrected chi connectivity index (χ3v) is 4.41. The summed E-state index contributed by atoms with van der Waals surface area (Å²) in [7, 11) is 4.06. The van der Waals surface area contributed by atoms with Crippen LogP contribution in [0.3, 0.4) is 0 Å². The van der Waals surface area contributed by atoms with Crippen LogP contribution in [-0.2, 0) is 4.79 Å². The minimum atomic E-state index is -0.0277. The molecule has 1 rings (SSSR count). The summed E-state index contributed by atoms with van der Waals surface area (Å²) in [4.78, 5) is 14.3. The van der Waals surface area contributed by atoms with Crippen molar-refractivity contribution in [2.24, 2.45) is 17.6 Å². The predicted molar refractivity (Wildman–Crippen MR) is 75.3 cm³/mol. The lowest BCUT2D eigenvalue weighted by Crippen LogP contribution is -2.52. The maximum atomic E-state index is 12.2. The fourth-order valence-corrected chi connectivity index (χ4v) is 2.30. The van der Waals surface area contributed by atoms with Gasteiger partial charge < -0.3 is 16.0 Å². The minimum Gasteiger partial charge on any atom is -0.354 e. The standard InChI is InChI=1S/C14H29N3O/c1-10-6-7-12(15)11(8-10)13(18)16-9-14(2,3)17(4)5/h10-12H,6-9,15H2,1-5H3,(H,16,18). The highest BCUT2D eigenvalue weighted by molar-refractivity contribution is 5.79. The van der Waals surface area contributed by atoms with E-state index in [0.717, 1.165) is 19.3 Å². The fourth-order valence-electron chi connectivity index (χ4n) is 2.30. The molecular formula is C14H29N3O. The maximum Gasteiger partial charge on any atom is 0.224 e. The molecule has 4 heteroatoms. The lowest BCUT2D eigenvalue weighted by molar-refractivity contribution is -0.127. The Balaban J connectivity index is 2.50. The van der Waals surface area contributed by atoms with Gasteiger partial charge in [-0.2, -0.15) is 0 Å². The van der Waals surface area contributed by atoms with Crippen molar-refractivity contribution >= 4 is 5.91 Å². The molecule has 1 saturated carbocycles. The topological polar surface area (TPSA) is 58.4 Å². The van der Waals surface area contributed by atoms with Crippen molar-refractivity contribution in [3.05, 3.63) is 0 Å². The van der Waals surface area contributed by atoms with E-state index >= 15 is 0 Å². The first-order valence-electron chi connectivity index (χ1n) is 6.94. The van der Waals surface area contributed by atoms with Gasteiger partial charge in [-0.25, -0.2) is 0 Å². The number of carbonyl (C=O) groups is 1. The lowest BCUT2D eigenvalue weighted by atomic mass is 9.78. The molecule has 0 saturated heterocycles. The third-order valence-electron chi connectivity index (χ3n) is 4.41. The van der Waals surface area contributed by atoms with Gasteiger partial charge in [0.25, 0.3) is 0 Å². The zero-order valence-electron chi connectivity index (χ0n) is 12.5. The summed E-state index contributed by atoms with van der Waals surface area (Å²) in [5.74, 6) is 0.734. The Morgan fingerprint density at radius 3 is 2.56 bits per heavy atom. The number of nitrogens with zero attached hydrogens (tertiary/aromatic N) is 1. The number of nitrogens with one attached hydrogen (secondary N) is 1. The van der Waals surface area contributed by atoms with Crippen LogP contribution < -0.4 is 11.1 Å². The highest BCUT2D eigenvalue weighted by Gasteiger charge is 2.32. The van der Waals surface area contributed by atoms with E-state index in [2.05, 4.69) is 31.0 Å². The van der Waals surface area contributed by atoms with Crippen LogP contribution in [0.4, 0.5) is 0 Å². The first kappa shape index (κ1) is 15.4. The van der Waals surface area contributed by atoms with Crippen LogP contribution in [0, 0.1) is 11.8 Å². The van der Waals surface area contributed by atoms with Gasteiger partial charge in [-0.15, -0.1) is 0 Å². The molecule has 3 atom stereocenters. The van der Waals surface area contributed by atoms with E-state index in [1.54, 1.807) is 0 Å². The normalized spacial score (nSPS) is 29.4. The fraction of sp³-hybridized carbons (Fsp3) is 0.929. The van der Waals surface area contributed by atoms with E-state index in [9.17, 15) is 4.79 Å². The highest BCUT2D eigenvalue weighted by Crippen LogP contribution is 2.28. The SMILES string of the molecule is CC1CCC(N)C(C(=O)NCC(C)(C)N(C)C)C1. The second-order valence-electron chi connectivity index (χ2n) is 6.61. The van der Waals surface area contributed by atoms with Crippen molar-refractivity contribution in [1.29, 1.82) is 0 Å². The molecule has 1 aliphatic carbocycles. The number of hydrogen-bond donors (Lipinski definition) is 2. The smallest absolute Gasteiger partial charge is 0.224 e. The van der Waals surface area contributed by atoms with Crippen molar-refractivity contribution in [3.63, 3.8) is 0 Å². The Morgan fingerprint density at radius 1 is 1.39 bits per heavy atom. The van der Waals surface area contributed by atoms with Gasteiger partial charge >= 0.3 is 0 Å². The number of rotatable bonds is 4. The number of hydrogen-bond acceptors (Lipinski definition) is 3. The van der Waals surface area contributed by atoms with Crippen LogP contribution in [0.15, 0.2) is 0 Å². The summed E-state index contributed by atoms with van der Waals surface area (Å²) in [5, 5.41) is 3.06. The highest BCUT2D eigenvalue weighted by atomic mass is 16.1. The maximum absolute atomic E-state index is 12.2. The molecule has 4 nitrogen and oxygen atoms in total. The molecule has 0 aromatic heterocycles. The van der Waals surface area contributed by atoms with Gasteiger partial charge in [0.15, 0.2) is 0 Å². The Morgan fingerprint density at radius 2 is 2.00 bits per heavy atom. The van der Waals surface area contributed by atoms with Crippen LogP contribution in [0.5, 0.6) is 0 Å². The summed E-state index contributed by atoms with van der Waals surface area (Å²) >= 11 is 0. The number of likely N-dealkylation sites (N-methyl/N-ethyl adjacent to an activating group) is 1. The molecule has 0 aliphatic heterocycles. The monoisotopic (exact) mass is 255 g/mol. The van der Waals surface area contributed by atoms with E-state index in [-0.39, 0.29) is 23.4 Å². The second-order valence-corrected chi connectivity index (χ2v) is 6.61. The van der Waals surface area contributed by atoms with Crippen molar-refractivity contribution in [2.75, 3.05) is 20.6 Å². The number of nitrogens with two attached hydrogens (primary N) is 1. The summed E-state index contributed by atoms with van der Waals surface area (Å²) in [6.45, 7) is 7.11. The van der Waals surface area contributed by atoms with Crippen molar-refractivity contribution in [2.45, 2.75) is 51.6 Å². The van der Waals surface area contributed by atoms with Gasteiger partial charge in [-0.1, -0.05) is 6.92 Å². The van der Waals surface area contributed by atoms with Gasteiger partial charge in [0.1, 0.15) is 0 Å². The molecule has 0 radical (unpaired) electrons. The first-order chi connectivity index (χ1) is 8.24. The zero-order chi connectivity index (χ0) is 13.9. The molecule has 0 bridgehead atoms. The second kappa shape index (κ2) is 6.02. The molecule has 3 N–H and O–H groups in total. The molecule has 0 aromatic carbocycles. The lowest BCUT2D eigenvalue weighted by Gasteiger charge is -2.35. The van der Waals surface area contributed by atoms with Gasteiger partial charge in [0, 0.05) is 18.1 Å².